The van der Waals surface area contributed by atoms with Gasteiger partial charge in [0.2, 0.25) is 0 Å². The number of nitrogens with one attached hydrogen (secondary N) is 1. The van der Waals surface area contributed by atoms with Gasteiger partial charge in [-0.05, 0) is 32.7 Å². The lowest BCUT2D eigenvalue weighted by Gasteiger charge is -2.12. The second kappa shape index (κ2) is 5.72. The molecular weight excluding hydrogens is 282 g/mol. The van der Waals surface area contributed by atoms with Gasteiger partial charge in [0.1, 0.15) is 5.82 Å². The molecule has 0 bridgehead atoms. The average molecular weight is 305 g/mol. The molecular formula is C15H23N5O2. The Hall–Kier alpha value is -1.89. The molecule has 120 valence electrons. The van der Waals surface area contributed by atoms with Crippen molar-refractivity contribution in [1.82, 2.24) is 24.0 Å². The van der Waals surface area contributed by atoms with E-state index in [9.17, 15) is 9.59 Å². The first-order valence-corrected chi connectivity index (χ1v) is 8.03. The highest BCUT2D eigenvalue weighted by atomic mass is 16.2. The highest BCUT2D eigenvalue weighted by Gasteiger charge is 2.26. The topological polar surface area (TPSA) is 73.8 Å². The van der Waals surface area contributed by atoms with E-state index >= 15 is 0 Å². The molecule has 1 aliphatic rings. The number of fused-ring (bicyclic) bond motifs is 1. The quantitative estimate of drug-likeness (QED) is 0.904. The van der Waals surface area contributed by atoms with Crippen LogP contribution in [0.4, 0.5) is 0 Å². The van der Waals surface area contributed by atoms with Crippen molar-refractivity contribution >= 4 is 11.2 Å². The lowest BCUT2D eigenvalue weighted by molar-refractivity contribution is 0.564. The molecule has 1 unspecified atom stereocenters. The number of nitrogens with zero attached hydrogens (tertiary/aromatic N) is 4. The van der Waals surface area contributed by atoms with E-state index in [1.54, 1.807) is 4.57 Å². The number of imidazole rings is 1. The molecule has 1 N–H and O–H groups in total. The Labute approximate surface area is 128 Å². The Morgan fingerprint density at radius 1 is 1.27 bits per heavy atom. The summed E-state index contributed by atoms with van der Waals surface area (Å²) in [4.78, 5) is 29.7. The SMILES string of the molecule is CCCn1c(=O)n(C)c(=O)c2c1nc(C1CCCN1)n2CC. The molecule has 2 aromatic heterocycles. The van der Waals surface area contributed by atoms with Crippen molar-refractivity contribution in [2.45, 2.75) is 52.2 Å². The fourth-order valence-corrected chi connectivity index (χ4v) is 3.29. The number of aryl methyl sites for hydroxylation is 2. The van der Waals surface area contributed by atoms with Crippen molar-refractivity contribution < 1.29 is 0 Å². The van der Waals surface area contributed by atoms with Crippen LogP contribution in [0.15, 0.2) is 9.59 Å². The summed E-state index contributed by atoms with van der Waals surface area (Å²) in [5, 5.41) is 3.43. The van der Waals surface area contributed by atoms with Crippen molar-refractivity contribution in [3.05, 3.63) is 26.7 Å². The molecule has 0 spiro atoms. The Morgan fingerprint density at radius 3 is 2.64 bits per heavy atom. The molecule has 1 aliphatic heterocycles. The summed E-state index contributed by atoms with van der Waals surface area (Å²) < 4.78 is 4.78. The zero-order valence-electron chi connectivity index (χ0n) is 13.4. The lowest BCUT2D eigenvalue weighted by atomic mass is 10.2. The molecule has 0 radical (unpaired) electrons. The van der Waals surface area contributed by atoms with Gasteiger partial charge < -0.3 is 9.88 Å². The van der Waals surface area contributed by atoms with Gasteiger partial charge in [0.15, 0.2) is 11.2 Å². The van der Waals surface area contributed by atoms with Gasteiger partial charge in [-0.25, -0.2) is 9.78 Å². The van der Waals surface area contributed by atoms with Crippen molar-refractivity contribution in [2.75, 3.05) is 6.54 Å². The van der Waals surface area contributed by atoms with Crippen LogP contribution >= 0.6 is 0 Å². The molecule has 0 aliphatic carbocycles. The van der Waals surface area contributed by atoms with Crippen LogP contribution in [0, 0.1) is 0 Å². The van der Waals surface area contributed by atoms with Crippen LogP contribution in [0.25, 0.3) is 11.2 Å². The van der Waals surface area contributed by atoms with E-state index in [0.29, 0.717) is 24.3 Å². The molecule has 22 heavy (non-hydrogen) atoms. The summed E-state index contributed by atoms with van der Waals surface area (Å²) in [6, 6.07) is 0.169. The van der Waals surface area contributed by atoms with E-state index in [1.807, 2.05) is 18.4 Å². The third-order valence-corrected chi connectivity index (χ3v) is 4.39. The third kappa shape index (κ3) is 2.11. The van der Waals surface area contributed by atoms with Crippen molar-refractivity contribution in [2.24, 2.45) is 7.05 Å². The van der Waals surface area contributed by atoms with Crippen LogP contribution in [-0.4, -0.2) is 25.2 Å². The van der Waals surface area contributed by atoms with E-state index in [2.05, 4.69) is 5.32 Å². The van der Waals surface area contributed by atoms with E-state index < -0.39 is 0 Å². The summed E-state index contributed by atoms with van der Waals surface area (Å²) in [6.07, 6.45) is 2.95. The molecule has 3 heterocycles. The molecule has 1 atom stereocenters. The number of rotatable bonds is 4. The predicted molar refractivity (Wildman–Crippen MR) is 85.2 cm³/mol. The maximum Gasteiger partial charge on any atom is 0.332 e. The van der Waals surface area contributed by atoms with Gasteiger partial charge in [-0.3, -0.25) is 13.9 Å². The van der Waals surface area contributed by atoms with Crippen LogP contribution in [-0.2, 0) is 20.1 Å². The molecule has 3 rings (SSSR count). The van der Waals surface area contributed by atoms with Crippen molar-refractivity contribution in [3.63, 3.8) is 0 Å². The highest BCUT2D eigenvalue weighted by Crippen LogP contribution is 2.24. The zero-order valence-corrected chi connectivity index (χ0v) is 13.4. The van der Waals surface area contributed by atoms with Gasteiger partial charge in [0, 0.05) is 20.1 Å². The molecule has 0 aromatic carbocycles. The number of aromatic nitrogens is 4. The first-order chi connectivity index (χ1) is 10.6. The van der Waals surface area contributed by atoms with Gasteiger partial charge in [0.05, 0.1) is 6.04 Å². The predicted octanol–water partition coefficient (Wildman–Crippen LogP) is 0.751. The standard InChI is InChI=1S/C15H23N5O2/c1-4-9-20-13-11(14(21)18(3)15(20)22)19(5-2)12(17-13)10-7-6-8-16-10/h10,16H,4-9H2,1-3H3. The molecule has 1 saturated heterocycles. The van der Waals surface area contributed by atoms with Crippen LogP contribution in [0.3, 0.4) is 0 Å². The Bertz CT molecular complexity index is 808. The minimum Gasteiger partial charge on any atom is -0.321 e. The van der Waals surface area contributed by atoms with E-state index in [-0.39, 0.29) is 17.3 Å². The highest BCUT2D eigenvalue weighted by molar-refractivity contribution is 5.71. The van der Waals surface area contributed by atoms with Gasteiger partial charge in [-0.2, -0.15) is 0 Å². The molecule has 2 aromatic rings. The Balaban J connectivity index is 2.37. The van der Waals surface area contributed by atoms with Crippen LogP contribution in [0.1, 0.15) is 45.0 Å². The Morgan fingerprint density at radius 2 is 2.05 bits per heavy atom. The summed E-state index contributed by atoms with van der Waals surface area (Å²) >= 11 is 0. The van der Waals surface area contributed by atoms with Gasteiger partial charge >= 0.3 is 5.69 Å². The average Bonchev–Trinajstić information content (AvgIpc) is 3.15. The maximum absolute atomic E-state index is 12.6. The fourth-order valence-electron chi connectivity index (χ4n) is 3.29. The van der Waals surface area contributed by atoms with E-state index in [4.69, 9.17) is 4.98 Å². The second-order valence-corrected chi connectivity index (χ2v) is 5.83. The third-order valence-electron chi connectivity index (χ3n) is 4.39. The first-order valence-electron chi connectivity index (χ1n) is 8.03. The van der Waals surface area contributed by atoms with E-state index in [0.717, 1.165) is 31.6 Å². The number of hydrogen-bond donors (Lipinski definition) is 1. The van der Waals surface area contributed by atoms with Gasteiger partial charge in [-0.15, -0.1) is 0 Å². The molecule has 7 nitrogen and oxygen atoms in total. The lowest BCUT2D eigenvalue weighted by Crippen LogP contribution is -2.38. The second-order valence-electron chi connectivity index (χ2n) is 5.83. The van der Waals surface area contributed by atoms with Gasteiger partial charge in [-0.1, -0.05) is 6.92 Å². The minimum absolute atomic E-state index is 0.169. The van der Waals surface area contributed by atoms with Crippen LogP contribution < -0.4 is 16.6 Å². The first kappa shape index (κ1) is 15.0. The molecule has 0 amide bonds. The fraction of sp³-hybridized carbons (Fsp3) is 0.667. The number of hydrogen-bond acceptors (Lipinski definition) is 4. The normalized spacial score (nSPS) is 18.4. The Kier molecular flexibility index (Phi) is 3.90. The van der Waals surface area contributed by atoms with Crippen molar-refractivity contribution in [3.8, 4) is 0 Å². The molecule has 0 saturated carbocycles. The summed E-state index contributed by atoms with van der Waals surface area (Å²) in [5.74, 6) is 0.877. The van der Waals surface area contributed by atoms with E-state index in [1.165, 1.54) is 11.6 Å². The molecule has 1 fully saturated rings. The monoisotopic (exact) mass is 305 g/mol. The maximum atomic E-state index is 12.6. The smallest absolute Gasteiger partial charge is 0.321 e. The summed E-state index contributed by atoms with van der Waals surface area (Å²) in [5.41, 5.74) is 0.527. The minimum atomic E-state index is -0.286. The van der Waals surface area contributed by atoms with Gasteiger partial charge in [0.25, 0.3) is 5.56 Å². The zero-order chi connectivity index (χ0) is 15.9. The summed E-state index contributed by atoms with van der Waals surface area (Å²) in [6.45, 7) is 6.23. The molecule has 7 heteroatoms. The van der Waals surface area contributed by atoms with Crippen molar-refractivity contribution in [1.29, 1.82) is 0 Å². The van der Waals surface area contributed by atoms with Crippen LogP contribution in [0.2, 0.25) is 0 Å². The summed E-state index contributed by atoms with van der Waals surface area (Å²) in [7, 11) is 1.54. The largest absolute Gasteiger partial charge is 0.332 e. The van der Waals surface area contributed by atoms with Crippen LogP contribution in [0.5, 0.6) is 0 Å².